The summed E-state index contributed by atoms with van der Waals surface area (Å²) in [6, 6.07) is 4.58. The molecule has 26 heavy (non-hydrogen) atoms. The summed E-state index contributed by atoms with van der Waals surface area (Å²) in [5.74, 6) is 1.57. The molecule has 1 atom stereocenters. The number of halogens is 3. The van der Waals surface area contributed by atoms with Crippen molar-refractivity contribution < 1.29 is 18.0 Å². The summed E-state index contributed by atoms with van der Waals surface area (Å²) in [5.41, 5.74) is -0.301. The van der Waals surface area contributed by atoms with Gasteiger partial charge in [0.1, 0.15) is 0 Å². The van der Waals surface area contributed by atoms with E-state index in [2.05, 4.69) is 16.5 Å². The summed E-state index contributed by atoms with van der Waals surface area (Å²) in [6.45, 7) is 3.31. The molecule has 1 aliphatic heterocycles. The van der Waals surface area contributed by atoms with Gasteiger partial charge in [0, 0.05) is 18.7 Å². The van der Waals surface area contributed by atoms with E-state index in [0.717, 1.165) is 44.6 Å². The Morgan fingerprint density at radius 1 is 1.31 bits per heavy atom. The third kappa shape index (κ3) is 7.19. The van der Waals surface area contributed by atoms with E-state index in [1.807, 2.05) is 11.8 Å². The molecule has 7 heteroatoms. The number of likely N-dealkylation sites (tertiary alicyclic amines) is 1. The second kappa shape index (κ2) is 10.2. The first kappa shape index (κ1) is 21.1. The van der Waals surface area contributed by atoms with Gasteiger partial charge in [0.25, 0.3) is 0 Å². The van der Waals surface area contributed by atoms with Crippen LogP contribution < -0.4 is 5.32 Å². The fraction of sp³-hybridized carbons (Fsp3) is 0.632. The average Bonchev–Trinajstić information content (AvgIpc) is 2.60. The fourth-order valence-electron chi connectivity index (χ4n) is 3.32. The van der Waals surface area contributed by atoms with Crippen LogP contribution in [-0.4, -0.2) is 42.4 Å². The Morgan fingerprint density at radius 3 is 2.69 bits per heavy atom. The van der Waals surface area contributed by atoms with Gasteiger partial charge in [-0.05, 0) is 81.0 Å². The van der Waals surface area contributed by atoms with Crippen LogP contribution in [-0.2, 0) is 11.0 Å². The molecule has 146 valence electrons. The molecule has 2 rings (SSSR count). The van der Waals surface area contributed by atoms with Gasteiger partial charge in [-0.1, -0.05) is 0 Å². The van der Waals surface area contributed by atoms with Gasteiger partial charge in [-0.3, -0.25) is 4.79 Å². The van der Waals surface area contributed by atoms with E-state index in [9.17, 15) is 18.0 Å². The smallest absolute Gasteiger partial charge is 0.326 e. The zero-order valence-corrected chi connectivity index (χ0v) is 16.0. The molecule has 1 saturated heterocycles. The highest BCUT2D eigenvalue weighted by Gasteiger charge is 2.30. The topological polar surface area (TPSA) is 32.3 Å². The predicted molar refractivity (Wildman–Crippen MR) is 101 cm³/mol. The van der Waals surface area contributed by atoms with E-state index >= 15 is 0 Å². The molecular weight excluding hydrogens is 361 g/mol. The third-order valence-electron chi connectivity index (χ3n) is 4.70. The first-order valence-electron chi connectivity index (χ1n) is 9.07. The lowest BCUT2D eigenvalue weighted by molar-refractivity contribution is -0.137. The number of amides is 1. The Morgan fingerprint density at radius 2 is 2.04 bits per heavy atom. The van der Waals surface area contributed by atoms with Crippen LogP contribution in [0.5, 0.6) is 0 Å². The molecule has 3 nitrogen and oxygen atoms in total. The van der Waals surface area contributed by atoms with Gasteiger partial charge < -0.3 is 10.2 Å². The SMILES string of the molecule is CSCCCN1CCCC(CCC(=O)Nc2ccc(C(F)(F)F)cc2)C1. The molecule has 1 fully saturated rings. The van der Waals surface area contributed by atoms with Gasteiger partial charge in [-0.2, -0.15) is 24.9 Å². The van der Waals surface area contributed by atoms with Crippen molar-refractivity contribution in [3.63, 3.8) is 0 Å². The van der Waals surface area contributed by atoms with Gasteiger partial charge in [-0.15, -0.1) is 0 Å². The van der Waals surface area contributed by atoms with Crippen LogP contribution in [0.3, 0.4) is 0 Å². The molecule has 0 spiro atoms. The Kier molecular flexibility index (Phi) is 8.28. The standard InChI is InChI=1S/C19H27F3N2OS/c1-26-13-3-12-24-11-2-4-15(14-24)5-10-18(25)23-17-8-6-16(7-9-17)19(20,21)22/h6-9,15H,2-5,10-14H2,1H3,(H,23,25). The number of rotatable bonds is 8. The number of piperidine rings is 1. The van der Waals surface area contributed by atoms with E-state index < -0.39 is 11.7 Å². The monoisotopic (exact) mass is 388 g/mol. The number of thioether (sulfide) groups is 1. The minimum atomic E-state index is -4.36. The first-order chi connectivity index (χ1) is 12.4. The van der Waals surface area contributed by atoms with E-state index in [0.29, 0.717) is 18.0 Å². The molecule has 0 saturated carbocycles. The molecule has 0 radical (unpaired) electrons. The second-order valence-corrected chi connectivity index (χ2v) is 7.80. The van der Waals surface area contributed by atoms with Crippen molar-refractivity contribution in [2.24, 2.45) is 5.92 Å². The van der Waals surface area contributed by atoms with Gasteiger partial charge in [0.15, 0.2) is 0 Å². The number of benzene rings is 1. The number of hydrogen-bond acceptors (Lipinski definition) is 3. The molecule has 1 aliphatic rings. The molecule has 1 N–H and O–H groups in total. The highest BCUT2D eigenvalue weighted by molar-refractivity contribution is 7.98. The zero-order chi connectivity index (χ0) is 19.0. The van der Waals surface area contributed by atoms with E-state index in [1.54, 1.807) is 0 Å². The summed E-state index contributed by atoms with van der Waals surface area (Å²) in [6.07, 6.45) is 2.51. The molecule has 1 aromatic carbocycles. The summed E-state index contributed by atoms with van der Waals surface area (Å²) >= 11 is 1.87. The zero-order valence-electron chi connectivity index (χ0n) is 15.1. The van der Waals surface area contributed by atoms with Crippen molar-refractivity contribution in [3.05, 3.63) is 29.8 Å². The van der Waals surface area contributed by atoms with Crippen molar-refractivity contribution in [2.75, 3.05) is 37.0 Å². The van der Waals surface area contributed by atoms with Crippen LogP contribution in [0.15, 0.2) is 24.3 Å². The van der Waals surface area contributed by atoms with Crippen LogP contribution >= 0.6 is 11.8 Å². The normalized spacial score (nSPS) is 18.7. The number of nitrogens with one attached hydrogen (secondary N) is 1. The Bertz CT molecular complexity index is 563. The van der Waals surface area contributed by atoms with Crippen LogP contribution in [0.4, 0.5) is 18.9 Å². The molecule has 1 aromatic rings. The molecule has 1 amide bonds. The first-order valence-corrected chi connectivity index (χ1v) is 10.5. The minimum Gasteiger partial charge on any atom is -0.326 e. The summed E-state index contributed by atoms with van der Waals surface area (Å²) in [7, 11) is 0. The lowest BCUT2D eigenvalue weighted by Gasteiger charge is -2.32. The van der Waals surface area contributed by atoms with Crippen molar-refractivity contribution in [3.8, 4) is 0 Å². The number of alkyl halides is 3. The van der Waals surface area contributed by atoms with Crippen molar-refractivity contribution >= 4 is 23.4 Å². The van der Waals surface area contributed by atoms with E-state index in [1.165, 1.54) is 30.7 Å². The van der Waals surface area contributed by atoms with Gasteiger partial charge >= 0.3 is 6.18 Å². The van der Waals surface area contributed by atoms with Crippen molar-refractivity contribution in [2.45, 2.75) is 38.3 Å². The predicted octanol–water partition coefficient (Wildman–Crippen LogP) is 4.89. The highest BCUT2D eigenvalue weighted by atomic mass is 32.2. The Balaban J connectivity index is 1.72. The van der Waals surface area contributed by atoms with Gasteiger partial charge in [0.05, 0.1) is 5.56 Å². The maximum atomic E-state index is 12.5. The third-order valence-corrected chi connectivity index (χ3v) is 5.40. The number of nitrogens with zero attached hydrogens (tertiary/aromatic N) is 1. The minimum absolute atomic E-state index is 0.135. The van der Waals surface area contributed by atoms with Gasteiger partial charge in [-0.25, -0.2) is 0 Å². The fourth-order valence-corrected chi connectivity index (χ4v) is 3.74. The van der Waals surface area contributed by atoms with Crippen LogP contribution in [0.1, 0.15) is 37.7 Å². The van der Waals surface area contributed by atoms with Gasteiger partial charge in [0.2, 0.25) is 5.91 Å². The van der Waals surface area contributed by atoms with Crippen LogP contribution in [0, 0.1) is 5.92 Å². The highest BCUT2D eigenvalue weighted by Crippen LogP contribution is 2.30. The maximum absolute atomic E-state index is 12.5. The molecule has 1 unspecified atom stereocenters. The molecule has 1 heterocycles. The number of carbonyl (C=O) groups is 1. The van der Waals surface area contributed by atoms with Crippen molar-refractivity contribution in [1.82, 2.24) is 4.90 Å². The van der Waals surface area contributed by atoms with Crippen LogP contribution in [0.25, 0.3) is 0 Å². The summed E-state index contributed by atoms with van der Waals surface area (Å²) < 4.78 is 37.6. The largest absolute Gasteiger partial charge is 0.416 e. The molecule has 0 bridgehead atoms. The summed E-state index contributed by atoms with van der Waals surface area (Å²) in [4.78, 5) is 14.6. The quantitative estimate of drug-likeness (QED) is 0.644. The number of hydrogen-bond donors (Lipinski definition) is 1. The second-order valence-electron chi connectivity index (χ2n) is 6.82. The summed E-state index contributed by atoms with van der Waals surface area (Å²) in [5, 5.41) is 2.69. The number of anilines is 1. The molecule has 0 aromatic heterocycles. The van der Waals surface area contributed by atoms with E-state index in [4.69, 9.17) is 0 Å². The molecule has 0 aliphatic carbocycles. The lowest BCUT2D eigenvalue weighted by atomic mass is 9.93. The van der Waals surface area contributed by atoms with E-state index in [-0.39, 0.29) is 5.91 Å². The molecular formula is C19H27F3N2OS. The van der Waals surface area contributed by atoms with Crippen LogP contribution in [0.2, 0.25) is 0 Å². The Hall–Kier alpha value is -1.21. The Labute approximate surface area is 157 Å². The number of carbonyl (C=O) groups excluding carboxylic acids is 1. The average molecular weight is 388 g/mol. The maximum Gasteiger partial charge on any atom is 0.416 e. The lowest BCUT2D eigenvalue weighted by Crippen LogP contribution is -2.36. The van der Waals surface area contributed by atoms with Crippen molar-refractivity contribution in [1.29, 1.82) is 0 Å².